The summed E-state index contributed by atoms with van der Waals surface area (Å²) in [7, 11) is 4.12. The summed E-state index contributed by atoms with van der Waals surface area (Å²) in [4.78, 5) is 21.3. The highest BCUT2D eigenvalue weighted by atomic mass is 16.5. The van der Waals surface area contributed by atoms with Crippen LogP contribution in [0.1, 0.15) is 30.9 Å². The van der Waals surface area contributed by atoms with E-state index in [4.69, 9.17) is 9.84 Å². The summed E-state index contributed by atoms with van der Waals surface area (Å²) < 4.78 is 7.58. The third-order valence-corrected chi connectivity index (χ3v) is 5.39. The number of aromatic nitrogens is 3. The van der Waals surface area contributed by atoms with E-state index < -0.39 is 0 Å². The molecule has 2 aromatic rings. The van der Waals surface area contributed by atoms with Crippen molar-refractivity contribution in [1.82, 2.24) is 24.6 Å². The number of amides is 1. The Hall–Kier alpha value is -1.99. The fourth-order valence-corrected chi connectivity index (χ4v) is 3.95. The Morgan fingerprint density at radius 1 is 1.38 bits per heavy atom. The van der Waals surface area contributed by atoms with Crippen molar-refractivity contribution in [2.24, 2.45) is 0 Å². The van der Waals surface area contributed by atoms with Crippen LogP contribution in [0.25, 0.3) is 11.0 Å². The largest absolute Gasteiger partial charge is 0.368 e. The van der Waals surface area contributed by atoms with Gasteiger partial charge in [-0.2, -0.15) is 5.10 Å². The molecule has 140 valence electrons. The normalized spacial score (nSPS) is 23.4. The molecule has 26 heavy (non-hydrogen) atoms. The van der Waals surface area contributed by atoms with Gasteiger partial charge < -0.3 is 14.5 Å². The van der Waals surface area contributed by atoms with Crippen LogP contribution in [0.2, 0.25) is 0 Å². The third-order valence-electron chi connectivity index (χ3n) is 5.39. The lowest BCUT2D eigenvalue weighted by atomic mass is 10.0. The minimum absolute atomic E-state index is 0.152. The van der Waals surface area contributed by atoms with Crippen LogP contribution in [0.15, 0.2) is 18.3 Å². The average molecular weight is 357 g/mol. The Morgan fingerprint density at radius 2 is 2.27 bits per heavy atom. The lowest BCUT2D eigenvalue weighted by Gasteiger charge is -2.19. The molecular formula is C19H27N5O2. The van der Waals surface area contributed by atoms with Gasteiger partial charge >= 0.3 is 0 Å². The number of likely N-dealkylation sites (tertiary alicyclic amines) is 1. The Labute approximate surface area is 153 Å². The highest BCUT2D eigenvalue weighted by Crippen LogP contribution is 2.32. The fourth-order valence-electron chi connectivity index (χ4n) is 3.95. The van der Waals surface area contributed by atoms with Crippen LogP contribution in [0.5, 0.6) is 0 Å². The van der Waals surface area contributed by atoms with Crippen molar-refractivity contribution in [1.29, 1.82) is 0 Å². The molecule has 4 rings (SSSR count). The molecule has 0 radical (unpaired) electrons. The number of hydrogen-bond acceptors (Lipinski definition) is 5. The van der Waals surface area contributed by atoms with Gasteiger partial charge in [0.05, 0.1) is 12.2 Å². The molecular weight excluding hydrogens is 330 g/mol. The molecule has 0 aromatic carbocycles. The highest BCUT2D eigenvalue weighted by molar-refractivity contribution is 5.82. The second kappa shape index (κ2) is 7.32. The maximum absolute atomic E-state index is 12.6. The number of pyridine rings is 1. The second-order valence-corrected chi connectivity index (χ2v) is 7.56. The van der Waals surface area contributed by atoms with Crippen molar-refractivity contribution in [3.8, 4) is 0 Å². The number of ether oxygens (including phenoxy) is 1. The lowest BCUT2D eigenvalue weighted by molar-refractivity contribution is -0.139. The van der Waals surface area contributed by atoms with Gasteiger partial charge in [0, 0.05) is 43.7 Å². The summed E-state index contributed by atoms with van der Waals surface area (Å²) in [6.45, 7) is 3.95. The molecule has 1 amide bonds. The SMILES string of the molecule is CN(C)CCn1nc([C@@H]2CCN(C(=O)[C@@H]3CCCO3)C2)c2cccnc21. The van der Waals surface area contributed by atoms with Gasteiger partial charge in [0.25, 0.3) is 5.91 Å². The van der Waals surface area contributed by atoms with Crippen molar-refractivity contribution in [3.63, 3.8) is 0 Å². The first-order chi connectivity index (χ1) is 12.6. The Kier molecular flexibility index (Phi) is 4.91. The van der Waals surface area contributed by atoms with Crippen LogP contribution >= 0.6 is 0 Å². The van der Waals surface area contributed by atoms with Crippen LogP contribution < -0.4 is 0 Å². The molecule has 0 spiro atoms. The van der Waals surface area contributed by atoms with E-state index in [0.29, 0.717) is 6.61 Å². The first kappa shape index (κ1) is 17.4. The van der Waals surface area contributed by atoms with Gasteiger partial charge in [-0.15, -0.1) is 0 Å². The van der Waals surface area contributed by atoms with Crippen molar-refractivity contribution >= 4 is 16.9 Å². The van der Waals surface area contributed by atoms with Crippen LogP contribution in [0.4, 0.5) is 0 Å². The van der Waals surface area contributed by atoms with E-state index in [9.17, 15) is 4.79 Å². The van der Waals surface area contributed by atoms with Crippen molar-refractivity contribution < 1.29 is 9.53 Å². The van der Waals surface area contributed by atoms with E-state index in [1.165, 1.54) is 0 Å². The molecule has 2 aromatic heterocycles. The van der Waals surface area contributed by atoms with Crippen molar-refractivity contribution in [2.45, 2.75) is 37.8 Å². The molecule has 2 atom stereocenters. The molecule has 7 heteroatoms. The summed E-state index contributed by atoms with van der Waals surface area (Å²) in [5.41, 5.74) is 2.02. The van der Waals surface area contributed by atoms with E-state index in [-0.39, 0.29) is 17.9 Å². The molecule has 2 saturated heterocycles. The number of carbonyl (C=O) groups is 1. The Bertz CT molecular complexity index is 781. The monoisotopic (exact) mass is 357 g/mol. The average Bonchev–Trinajstić information content (AvgIpc) is 3.38. The summed E-state index contributed by atoms with van der Waals surface area (Å²) >= 11 is 0. The summed E-state index contributed by atoms with van der Waals surface area (Å²) in [6.07, 6.45) is 4.38. The zero-order chi connectivity index (χ0) is 18.1. The predicted octanol–water partition coefficient (Wildman–Crippen LogP) is 1.49. The van der Waals surface area contributed by atoms with Crippen molar-refractivity contribution in [3.05, 3.63) is 24.0 Å². The molecule has 0 N–H and O–H groups in total. The fraction of sp³-hybridized carbons (Fsp3) is 0.632. The first-order valence-corrected chi connectivity index (χ1v) is 9.50. The van der Waals surface area contributed by atoms with Gasteiger partial charge in [0.1, 0.15) is 6.10 Å². The molecule has 2 aliphatic heterocycles. The van der Waals surface area contributed by atoms with E-state index in [1.807, 2.05) is 21.8 Å². The number of nitrogens with zero attached hydrogens (tertiary/aromatic N) is 5. The number of rotatable bonds is 5. The van der Waals surface area contributed by atoms with Gasteiger partial charge in [-0.1, -0.05) is 0 Å². The molecule has 2 aliphatic rings. The summed E-state index contributed by atoms with van der Waals surface area (Å²) in [5, 5.41) is 6.01. The number of likely N-dealkylation sites (N-methyl/N-ethyl adjacent to an activating group) is 1. The summed E-state index contributed by atoms with van der Waals surface area (Å²) in [6, 6.07) is 4.06. The van der Waals surface area contributed by atoms with Gasteiger partial charge in [0.15, 0.2) is 5.65 Å². The lowest BCUT2D eigenvalue weighted by Crippen LogP contribution is -2.37. The van der Waals surface area contributed by atoms with E-state index in [0.717, 1.165) is 62.2 Å². The van der Waals surface area contributed by atoms with Gasteiger partial charge in [-0.3, -0.25) is 4.79 Å². The zero-order valence-corrected chi connectivity index (χ0v) is 15.6. The topological polar surface area (TPSA) is 63.5 Å². The van der Waals surface area contributed by atoms with Crippen LogP contribution in [0.3, 0.4) is 0 Å². The standard InChI is InChI=1S/C19H27N5O2/c1-22(2)10-11-24-18-15(5-3-8-20-18)17(21-24)14-7-9-23(13-14)19(25)16-6-4-12-26-16/h3,5,8,14,16H,4,6-7,9-13H2,1-2H3/t14-,16+/m1/s1. The minimum Gasteiger partial charge on any atom is -0.368 e. The zero-order valence-electron chi connectivity index (χ0n) is 15.6. The van der Waals surface area contributed by atoms with Crippen LogP contribution in [0, 0.1) is 0 Å². The van der Waals surface area contributed by atoms with Crippen LogP contribution in [-0.4, -0.2) is 76.9 Å². The Morgan fingerprint density at radius 3 is 3.04 bits per heavy atom. The smallest absolute Gasteiger partial charge is 0.251 e. The molecule has 4 heterocycles. The van der Waals surface area contributed by atoms with E-state index in [2.05, 4.69) is 30.0 Å². The summed E-state index contributed by atoms with van der Waals surface area (Å²) in [5.74, 6) is 0.423. The maximum Gasteiger partial charge on any atom is 0.251 e. The molecule has 0 unspecified atom stereocenters. The number of carbonyl (C=O) groups excluding carboxylic acids is 1. The molecule has 7 nitrogen and oxygen atoms in total. The first-order valence-electron chi connectivity index (χ1n) is 9.50. The highest BCUT2D eigenvalue weighted by Gasteiger charge is 2.35. The van der Waals surface area contributed by atoms with Gasteiger partial charge in [0.2, 0.25) is 0 Å². The third kappa shape index (κ3) is 3.33. The molecule has 0 bridgehead atoms. The van der Waals surface area contributed by atoms with Crippen molar-refractivity contribution in [2.75, 3.05) is 40.3 Å². The van der Waals surface area contributed by atoms with E-state index in [1.54, 1.807) is 0 Å². The molecule has 2 fully saturated rings. The quantitative estimate of drug-likeness (QED) is 0.811. The van der Waals surface area contributed by atoms with Gasteiger partial charge in [-0.05, 0) is 45.5 Å². The Balaban J connectivity index is 1.54. The number of hydrogen-bond donors (Lipinski definition) is 0. The predicted molar refractivity (Wildman–Crippen MR) is 99.0 cm³/mol. The van der Waals surface area contributed by atoms with Gasteiger partial charge in [-0.25, -0.2) is 9.67 Å². The number of fused-ring (bicyclic) bond motifs is 1. The second-order valence-electron chi connectivity index (χ2n) is 7.56. The van der Waals surface area contributed by atoms with E-state index >= 15 is 0 Å². The maximum atomic E-state index is 12.6. The molecule has 0 saturated carbocycles. The molecule has 0 aliphatic carbocycles. The minimum atomic E-state index is -0.232. The van der Waals surface area contributed by atoms with Crippen LogP contribution in [-0.2, 0) is 16.1 Å².